The minimum absolute atomic E-state index is 0.0112. The van der Waals surface area contributed by atoms with E-state index in [1.165, 1.54) is 4.90 Å². The number of nitrogens with zero attached hydrogens (tertiary/aromatic N) is 3. The third kappa shape index (κ3) is 3.40. The number of aromatic nitrogens is 2. The number of benzene rings is 1. The van der Waals surface area contributed by atoms with E-state index in [2.05, 4.69) is 20.9 Å². The van der Waals surface area contributed by atoms with Gasteiger partial charge in [0.25, 0.3) is 0 Å². The molecule has 0 N–H and O–H groups in total. The Bertz CT molecular complexity index is 746. The van der Waals surface area contributed by atoms with Crippen molar-refractivity contribution in [2.75, 3.05) is 6.54 Å². The Hall–Kier alpha value is -2.03. The molecule has 0 bridgehead atoms. The Labute approximate surface area is 144 Å². The topological polar surface area (TPSA) is 47.4 Å². The van der Waals surface area contributed by atoms with E-state index in [-0.39, 0.29) is 30.8 Å². The van der Waals surface area contributed by atoms with Crippen molar-refractivity contribution < 1.29 is 22.7 Å². The fourth-order valence-corrected chi connectivity index (χ4v) is 3.02. The predicted molar refractivity (Wildman–Crippen MR) is 82.0 cm³/mol. The first-order valence-corrected chi connectivity index (χ1v) is 7.93. The van der Waals surface area contributed by atoms with Crippen LogP contribution in [-0.2, 0) is 30.6 Å². The molecule has 9 heteroatoms. The second kappa shape index (κ2) is 6.46. The summed E-state index contributed by atoms with van der Waals surface area (Å²) in [6.07, 6.45) is -5.09. The van der Waals surface area contributed by atoms with Crippen LogP contribution in [0.4, 0.5) is 18.0 Å². The summed E-state index contributed by atoms with van der Waals surface area (Å²) in [4.78, 5) is 17.0. The number of hydrogen-bond acceptors (Lipinski definition) is 3. The summed E-state index contributed by atoms with van der Waals surface area (Å²) in [7, 11) is 0. The zero-order valence-electron chi connectivity index (χ0n) is 12.4. The van der Waals surface area contributed by atoms with Crippen LogP contribution in [0.25, 0.3) is 0 Å². The first-order valence-electron chi connectivity index (χ1n) is 7.14. The molecule has 0 fully saturated rings. The van der Waals surface area contributed by atoms with E-state index >= 15 is 0 Å². The van der Waals surface area contributed by atoms with Crippen LogP contribution in [-0.4, -0.2) is 27.1 Å². The molecule has 1 aromatic heterocycles. The van der Waals surface area contributed by atoms with Crippen LogP contribution in [0.1, 0.15) is 17.1 Å². The van der Waals surface area contributed by atoms with E-state index in [9.17, 15) is 18.0 Å². The Morgan fingerprint density at radius 3 is 2.62 bits per heavy atom. The van der Waals surface area contributed by atoms with E-state index < -0.39 is 18.1 Å². The van der Waals surface area contributed by atoms with Crippen molar-refractivity contribution in [1.29, 1.82) is 0 Å². The van der Waals surface area contributed by atoms with E-state index in [1.54, 1.807) is 0 Å². The highest BCUT2D eigenvalue weighted by molar-refractivity contribution is 9.10. The molecule has 1 aliphatic rings. The molecular formula is C15H13BrF3N3O2. The van der Waals surface area contributed by atoms with Gasteiger partial charge in [0, 0.05) is 13.1 Å². The predicted octanol–water partition coefficient (Wildman–Crippen LogP) is 3.82. The van der Waals surface area contributed by atoms with Gasteiger partial charge in [-0.2, -0.15) is 13.2 Å². The summed E-state index contributed by atoms with van der Waals surface area (Å²) in [6, 6.07) is 9.17. The summed E-state index contributed by atoms with van der Waals surface area (Å²) >= 11 is 3.04. The molecule has 5 nitrogen and oxygen atoms in total. The summed E-state index contributed by atoms with van der Waals surface area (Å²) in [5.41, 5.74) is 1.15. The SMILES string of the molecule is O=C(OCc1ccccc1)N1CCn2c(C(F)(F)F)nc(Br)c2C1. The second-order valence-corrected chi connectivity index (χ2v) is 6.04. The summed E-state index contributed by atoms with van der Waals surface area (Å²) < 4.78 is 45.2. The van der Waals surface area contributed by atoms with Crippen LogP contribution in [0, 0.1) is 0 Å². The molecule has 24 heavy (non-hydrogen) atoms. The highest BCUT2D eigenvalue weighted by Crippen LogP contribution is 2.34. The van der Waals surface area contributed by atoms with Gasteiger partial charge >= 0.3 is 12.3 Å². The lowest BCUT2D eigenvalue weighted by Crippen LogP contribution is -2.39. The normalized spacial score (nSPS) is 14.4. The molecule has 2 aromatic rings. The Balaban J connectivity index is 1.69. The number of alkyl halides is 3. The largest absolute Gasteiger partial charge is 0.449 e. The summed E-state index contributed by atoms with van der Waals surface area (Å²) in [5.74, 6) is -0.957. The van der Waals surface area contributed by atoms with Crippen molar-refractivity contribution in [2.24, 2.45) is 0 Å². The van der Waals surface area contributed by atoms with Crippen LogP contribution in [0.15, 0.2) is 34.9 Å². The highest BCUT2D eigenvalue weighted by atomic mass is 79.9. The van der Waals surface area contributed by atoms with Gasteiger partial charge < -0.3 is 14.2 Å². The molecular weight excluding hydrogens is 391 g/mol. The number of amides is 1. The fourth-order valence-electron chi connectivity index (χ4n) is 2.51. The summed E-state index contributed by atoms with van der Waals surface area (Å²) in [6.45, 7) is 0.275. The molecule has 0 spiro atoms. The number of ether oxygens (including phenoxy) is 1. The van der Waals surface area contributed by atoms with Crippen LogP contribution >= 0.6 is 15.9 Å². The van der Waals surface area contributed by atoms with E-state index in [4.69, 9.17) is 4.74 Å². The van der Waals surface area contributed by atoms with Gasteiger partial charge in [-0.25, -0.2) is 9.78 Å². The first-order chi connectivity index (χ1) is 11.4. The second-order valence-electron chi connectivity index (χ2n) is 5.28. The average molecular weight is 404 g/mol. The number of rotatable bonds is 2. The molecule has 0 saturated carbocycles. The first kappa shape index (κ1) is 16.8. The number of fused-ring (bicyclic) bond motifs is 1. The lowest BCUT2D eigenvalue weighted by atomic mass is 10.2. The van der Waals surface area contributed by atoms with Gasteiger partial charge in [-0.1, -0.05) is 30.3 Å². The van der Waals surface area contributed by atoms with Crippen molar-refractivity contribution in [2.45, 2.75) is 25.9 Å². The number of hydrogen-bond donors (Lipinski definition) is 0. The Morgan fingerprint density at radius 2 is 1.96 bits per heavy atom. The molecule has 1 aromatic carbocycles. The van der Waals surface area contributed by atoms with E-state index in [0.717, 1.165) is 10.1 Å². The van der Waals surface area contributed by atoms with Crippen molar-refractivity contribution in [1.82, 2.24) is 14.5 Å². The number of imidazole rings is 1. The molecule has 128 valence electrons. The Morgan fingerprint density at radius 1 is 1.25 bits per heavy atom. The minimum Gasteiger partial charge on any atom is -0.445 e. The molecule has 0 atom stereocenters. The Kier molecular flexibility index (Phi) is 4.53. The van der Waals surface area contributed by atoms with Crippen LogP contribution in [0.3, 0.4) is 0 Å². The lowest BCUT2D eigenvalue weighted by molar-refractivity contribution is -0.147. The molecule has 2 heterocycles. The third-order valence-electron chi connectivity index (χ3n) is 3.67. The van der Waals surface area contributed by atoms with Gasteiger partial charge in [0.05, 0.1) is 12.2 Å². The number of halogens is 4. The molecule has 1 aliphatic heterocycles. The fraction of sp³-hybridized carbons (Fsp3) is 0.333. The van der Waals surface area contributed by atoms with Gasteiger partial charge in [-0.15, -0.1) is 0 Å². The van der Waals surface area contributed by atoms with Crippen LogP contribution < -0.4 is 0 Å². The molecule has 3 rings (SSSR count). The molecule has 0 radical (unpaired) electrons. The van der Waals surface area contributed by atoms with Crippen molar-refractivity contribution >= 4 is 22.0 Å². The molecule has 0 aliphatic carbocycles. The maximum absolute atomic E-state index is 12.9. The molecule has 0 saturated heterocycles. The average Bonchev–Trinajstić information content (AvgIpc) is 2.90. The van der Waals surface area contributed by atoms with E-state index in [0.29, 0.717) is 5.69 Å². The van der Waals surface area contributed by atoms with Gasteiger partial charge in [-0.3, -0.25) is 0 Å². The van der Waals surface area contributed by atoms with Gasteiger partial charge in [0.2, 0.25) is 5.82 Å². The van der Waals surface area contributed by atoms with Gasteiger partial charge in [-0.05, 0) is 21.5 Å². The van der Waals surface area contributed by atoms with Crippen molar-refractivity contribution in [3.05, 3.63) is 52.0 Å². The van der Waals surface area contributed by atoms with Gasteiger partial charge in [0.1, 0.15) is 11.2 Å². The number of carbonyl (C=O) groups is 1. The van der Waals surface area contributed by atoms with E-state index in [1.807, 2.05) is 30.3 Å². The summed E-state index contributed by atoms with van der Waals surface area (Å²) in [5, 5.41) is 0. The van der Waals surface area contributed by atoms with Crippen molar-refractivity contribution in [3.63, 3.8) is 0 Å². The van der Waals surface area contributed by atoms with Crippen LogP contribution in [0.5, 0.6) is 0 Å². The maximum atomic E-state index is 12.9. The maximum Gasteiger partial charge on any atom is 0.449 e. The zero-order chi connectivity index (χ0) is 17.3. The number of carbonyl (C=O) groups excluding carboxylic acids is 1. The van der Waals surface area contributed by atoms with Crippen molar-refractivity contribution in [3.8, 4) is 0 Å². The minimum atomic E-state index is -4.53. The zero-order valence-corrected chi connectivity index (χ0v) is 14.0. The quantitative estimate of drug-likeness (QED) is 0.765. The smallest absolute Gasteiger partial charge is 0.445 e. The highest BCUT2D eigenvalue weighted by Gasteiger charge is 2.40. The third-order valence-corrected chi connectivity index (χ3v) is 4.31. The standard InChI is InChI=1S/C15H13BrF3N3O2/c16-12-11-8-21(6-7-22(11)13(20-12)15(17,18)19)14(23)24-9-10-4-2-1-3-5-10/h1-5H,6-9H2. The molecule has 0 unspecified atom stereocenters. The molecule has 1 amide bonds. The van der Waals surface area contributed by atoms with Gasteiger partial charge in [0.15, 0.2) is 0 Å². The lowest BCUT2D eigenvalue weighted by Gasteiger charge is -2.28. The monoisotopic (exact) mass is 403 g/mol. The van der Waals surface area contributed by atoms with Crippen LogP contribution in [0.2, 0.25) is 0 Å².